The molecule has 3 aliphatic rings. The van der Waals surface area contributed by atoms with Crippen LogP contribution in [-0.2, 0) is 16.2 Å². The predicted octanol–water partition coefficient (Wildman–Crippen LogP) is 31.8. The average Bonchev–Trinajstić information content (AvgIpc) is 1.49. The summed E-state index contributed by atoms with van der Waals surface area (Å²) >= 11 is 0. The van der Waals surface area contributed by atoms with E-state index in [1.807, 2.05) is 42.5 Å². The number of para-hydroxylation sites is 13. The Balaban J connectivity index is 0.0000000857. The van der Waals surface area contributed by atoms with Crippen molar-refractivity contribution in [1.82, 2.24) is 57.1 Å². The Labute approximate surface area is 810 Å². The number of rotatable bonds is 3. The van der Waals surface area contributed by atoms with Crippen LogP contribution in [0.1, 0.15) is 72.2 Å². The summed E-state index contributed by atoms with van der Waals surface area (Å²) in [7, 11) is 0. The van der Waals surface area contributed by atoms with Crippen molar-refractivity contribution >= 4 is 219 Å². The molecule has 0 spiro atoms. The lowest BCUT2D eigenvalue weighted by molar-refractivity contribution is 0.661. The van der Waals surface area contributed by atoms with Gasteiger partial charge in [-0.1, -0.05) is 325 Å². The Kier molecular flexibility index (Phi) is 15.3. The molecule has 3 aliphatic carbocycles. The van der Waals surface area contributed by atoms with Crippen LogP contribution in [0.2, 0.25) is 0 Å². The Morgan fingerprint density at radius 3 is 1.24 bits per heavy atom. The van der Waals surface area contributed by atoms with E-state index >= 15 is 0 Å². The summed E-state index contributed by atoms with van der Waals surface area (Å²) in [5.74, 6) is 0. The highest BCUT2D eigenvalue weighted by Crippen LogP contribution is 2.63. The van der Waals surface area contributed by atoms with Crippen molar-refractivity contribution in [3.63, 3.8) is 0 Å². The van der Waals surface area contributed by atoms with E-state index in [2.05, 4.69) is 420 Å². The highest BCUT2D eigenvalue weighted by atomic mass is 15.1. The fourth-order valence-corrected chi connectivity index (χ4v) is 26.3. The molecule has 0 bridgehead atoms. The fourth-order valence-electron chi connectivity index (χ4n) is 26.3. The van der Waals surface area contributed by atoms with E-state index in [-0.39, 0.29) is 10.8 Å². The summed E-state index contributed by atoms with van der Waals surface area (Å²) in [4.78, 5) is 36.3. The first-order valence-corrected chi connectivity index (χ1v) is 49.0. The smallest absolute Gasteiger partial charge is 0.165 e. The molecule has 12 nitrogen and oxygen atoms in total. The number of pyridine rings is 1. The first-order valence-electron chi connectivity index (χ1n) is 49.0. The van der Waals surface area contributed by atoms with Gasteiger partial charge in [0.1, 0.15) is 16.6 Å². The van der Waals surface area contributed by atoms with E-state index in [9.17, 15) is 0 Å². The van der Waals surface area contributed by atoms with Crippen molar-refractivity contribution < 1.29 is 0 Å². The average molecular weight is 1810 g/mol. The van der Waals surface area contributed by atoms with Crippen LogP contribution in [0.3, 0.4) is 0 Å². The molecule has 35 rings (SSSR count). The molecule has 660 valence electrons. The minimum Gasteiger partial charge on any atom is -0.309 e. The second kappa shape index (κ2) is 28.0. The number of nitrogens with zero attached hydrogens (tertiary/aromatic N) is 12. The van der Waals surface area contributed by atoms with Gasteiger partial charge in [-0.2, -0.15) is 0 Å². The van der Waals surface area contributed by atoms with E-state index in [0.717, 1.165) is 83.1 Å². The molecule has 0 amide bonds. The lowest BCUT2D eigenvalue weighted by atomic mass is 9.67. The molecule has 0 unspecified atom stereocenters. The molecule has 0 saturated carbocycles. The SMILES string of the molecule is CC1(C)c2ccccc2-c2c1cc1c3ccccc3n3c4nc5ccccc5nc4c2c13.CC1(C)c2ccccc2-c2cc3c4nc5ccccc5nc4n4c5ccccc5c(c21)c34.c1ccc(-n2c3ccccc3c3cc4c5cccc6c7nc8ccccc8cc7n(c4cc32)c56)cc1.c1ccc(C2(c3ccccc3)c3ccccc3-c3cc4c5ccccc5n5c6nc7ccccc7nc6c(c32)c45)cc1. The van der Waals surface area contributed by atoms with Gasteiger partial charge in [-0.25, -0.2) is 34.9 Å². The van der Waals surface area contributed by atoms with Crippen LogP contribution in [0.15, 0.2) is 413 Å². The first-order chi connectivity index (χ1) is 70.0. The molecule has 0 N–H and O–H groups in total. The lowest BCUT2D eigenvalue weighted by Crippen LogP contribution is -2.28. The minimum absolute atomic E-state index is 0.0626. The largest absolute Gasteiger partial charge is 0.309 e. The van der Waals surface area contributed by atoms with E-state index < -0.39 is 5.41 Å². The van der Waals surface area contributed by atoms with Gasteiger partial charge in [0.15, 0.2) is 16.9 Å². The van der Waals surface area contributed by atoms with Gasteiger partial charge in [-0.3, -0.25) is 13.2 Å². The molecular weight excluding hydrogens is 1730 g/mol. The zero-order valence-corrected chi connectivity index (χ0v) is 77.6. The standard InChI is InChI=1S/C39H23N3.C33H19N3.2C29H19N3/c1-3-13-24(14-4-1)39(25-15-5-2-6-16-25)30-19-9-7-17-26(30)28-23-29-27-18-8-12-22-33(27)42-37(29)34(35(28)39)36-38(42)41-32-21-11-10-20-31(32)40-36;1-2-10-21(11-3-1)35-28-16-7-5-12-22(28)25-18-26-23-13-8-14-24-32-31(17-20-9-4-6-15-27(20)34-32)36(33(23)24)30(26)19-29(25)35;1-29(2)19-11-5-3-10-17(19)24-20(29)15-18-16-9-4-8-14-23(16)32-27(18)25(24)26-28(32)31-22-13-7-6-12-21(22)30-26;1-29(2)20-11-5-3-9-16(20)18-15-19-26-28(31-22-13-7-6-12-21(22)30-26)32-23-14-8-4-10-17(23)24(25(18)29)27(19)32/h1-23H;1-19H;2*3-15H,1-2H3. The summed E-state index contributed by atoms with van der Waals surface area (Å²) in [6.45, 7) is 9.41. The zero-order chi connectivity index (χ0) is 93.2. The highest BCUT2D eigenvalue weighted by Gasteiger charge is 2.50. The molecule has 13 aromatic heterocycles. The van der Waals surface area contributed by atoms with Crippen LogP contribution in [-0.4, -0.2) is 57.1 Å². The monoisotopic (exact) mass is 1810 g/mol. The Hall–Kier alpha value is -18.4. The molecular formula is C130H80N12. The summed E-state index contributed by atoms with van der Waals surface area (Å²) in [5, 5.41) is 18.8. The summed E-state index contributed by atoms with van der Waals surface area (Å²) in [6, 6.07) is 148. The number of hydrogen-bond acceptors (Lipinski definition) is 7. The quantitative estimate of drug-likeness (QED) is 0.173. The third-order valence-corrected chi connectivity index (χ3v) is 32.1. The van der Waals surface area contributed by atoms with E-state index in [1.54, 1.807) is 0 Å². The maximum atomic E-state index is 5.38. The minimum atomic E-state index is -0.520. The van der Waals surface area contributed by atoms with Gasteiger partial charge in [0.25, 0.3) is 0 Å². The molecule has 142 heavy (non-hydrogen) atoms. The summed E-state index contributed by atoms with van der Waals surface area (Å²) in [6.07, 6.45) is 0. The molecule has 13 heterocycles. The van der Waals surface area contributed by atoms with Crippen molar-refractivity contribution in [2.24, 2.45) is 0 Å². The maximum absolute atomic E-state index is 5.38. The van der Waals surface area contributed by atoms with Crippen molar-refractivity contribution in [3.05, 3.63) is 457 Å². The maximum Gasteiger partial charge on any atom is 0.165 e. The molecule has 0 fully saturated rings. The van der Waals surface area contributed by atoms with E-state index in [0.29, 0.717) is 0 Å². The second-order valence-corrected chi connectivity index (χ2v) is 40.0. The van der Waals surface area contributed by atoms with Crippen LogP contribution in [0.4, 0.5) is 0 Å². The topological polar surface area (TPSA) is 113 Å². The Bertz CT molecular complexity index is 11100. The van der Waals surface area contributed by atoms with Gasteiger partial charge >= 0.3 is 0 Å². The third kappa shape index (κ3) is 10.00. The van der Waals surface area contributed by atoms with Gasteiger partial charge in [0.05, 0.1) is 110 Å². The normalized spacial score (nSPS) is 13.9. The number of benzene rings is 19. The van der Waals surface area contributed by atoms with Crippen molar-refractivity contribution in [1.29, 1.82) is 0 Å². The van der Waals surface area contributed by atoms with Gasteiger partial charge in [0.2, 0.25) is 0 Å². The van der Waals surface area contributed by atoms with Crippen molar-refractivity contribution in [3.8, 4) is 39.1 Å². The van der Waals surface area contributed by atoms with Gasteiger partial charge in [-0.05, 0) is 193 Å². The number of hydrogen-bond donors (Lipinski definition) is 0. The summed E-state index contributed by atoms with van der Waals surface area (Å²) < 4.78 is 11.9. The van der Waals surface area contributed by atoms with Gasteiger partial charge < -0.3 is 8.97 Å². The molecule has 0 radical (unpaired) electrons. The second-order valence-electron chi connectivity index (χ2n) is 40.0. The molecule has 0 saturated heterocycles. The van der Waals surface area contributed by atoms with E-state index in [1.165, 1.54) is 220 Å². The van der Waals surface area contributed by atoms with Gasteiger partial charge in [0, 0.05) is 97.3 Å². The molecule has 0 atom stereocenters. The molecule has 19 aromatic carbocycles. The zero-order valence-electron chi connectivity index (χ0n) is 77.6. The summed E-state index contributed by atoms with van der Waals surface area (Å²) in [5.41, 5.74) is 45.8. The fraction of sp³-hybridized carbons (Fsp3) is 0.0538. The van der Waals surface area contributed by atoms with E-state index in [4.69, 9.17) is 34.9 Å². The van der Waals surface area contributed by atoms with Crippen LogP contribution < -0.4 is 0 Å². The Morgan fingerprint density at radius 2 is 0.620 bits per heavy atom. The molecule has 0 aliphatic heterocycles. The Morgan fingerprint density at radius 1 is 0.204 bits per heavy atom. The lowest BCUT2D eigenvalue weighted by Gasteiger charge is -2.34. The van der Waals surface area contributed by atoms with Crippen LogP contribution in [0, 0.1) is 0 Å². The molecule has 12 heteroatoms. The van der Waals surface area contributed by atoms with Crippen LogP contribution in [0.5, 0.6) is 0 Å². The number of aromatic nitrogens is 12. The first kappa shape index (κ1) is 77.7. The molecule has 32 aromatic rings. The van der Waals surface area contributed by atoms with Crippen LogP contribution >= 0.6 is 0 Å². The predicted molar refractivity (Wildman–Crippen MR) is 586 cm³/mol. The highest BCUT2D eigenvalue weighted by molar-refractivity contribution is 6.32. The van der Waals surface area contributed by atoms with Crippen molar-refractivity contribution in [2.45, 2.75) is 43.9 Å². The van der Waals surface area contributed by atoms with Crippen molar-refractivity contribution in [2.75, 3.05) is 0 Å². The van der Waals surface area contributed by atoms with Gasteiger partial charge in [-0.15, -0.1) is 0 Å². The third-order valence-electron chi connectivity index (χ3n) is 32.1. The van der Waals surface area contributed by atoms with Crippen LogP contribution in [0.25, 0.3) is 258 Å². The number of fused-ring (bicyclic) bond motifs is 43.